The van der Waals surface area contributed by atoms with E-state index in [0.717, 1.165) is 19.5 Å². The van der Waals surface area contributed by atoms with E-state index < -0.39 is 0 Å². The molecule has 0 aromatic heterocycles. The summed E-state index contributed by atoms with van der Waals surface area (Å²) in [6.45, 7) is 5.26. The summed E-state index contributed by atoms with van der Waals surface area (Å²) in [6.07, 6.45) is 4.57. The number of aliphatic hydroxyl groups is 1. The summed E-state index contributed by atoms with van der Waals surface area (Å²) in [5, 5.41) is 9.06. The van der Waals surface area contributed by atoms with Crippen molar-refractivity contribution in [3.8, 4) is 0 Å². The topological polar surface area (TPSA) is 23.5 Å². The molecule has 1 heterocycles. The van der Waals surface area contributed by atoms with E-state index in [0.29, 0.717) is 5.88 Å². The van der Waals surface area contributed by atoms with E-state index in [1.807, 2.05) is 11.0 Å². The van der Waals surface area contributed by atoms with Crippen molar-refractivity contribution in [2.45, 2.75) is 6.42 Å². The third-order valence-electron chi connectivity index (χ3n) is 1.40. The summed E-state index contributed by atoms with van der Waals surface area (Å²) in [5.74, 6) is 0.398. The van der Waals surface area contributed by atoms with Crippen LogP contribution in [-0.4, -0.2) is 23.1 Å². The van der Waals surface area contributed by atoms with Gasteiger partial charge in [-0.2, -0.15) is 0 Å². The van der Waals surface area contributed by atoms with Gasteiger partial charge in [0.05, 0.1) is 0 Å². The van der Waals surface area contributed by atoms with Crippen LogP contribution in [0.1, 0.15) is 6.42 Å². The Hall–Kier alpha value is -0.920. The van der Waals surface area contributed by atoms with Crippen molar-refractivity contribution in [2.24, 2.45) is 0 Å². The highest BCUT2D eigenvalue weighted by molar-refractivity contribution is 5.00. The molecular weight excluding hydrogens is 114 g/mol. The number of rotatable bonds is 2. The predicted molar refractivity (Wildman–Crippen MR) is 37.1 cm³/mol. The van der Waals surface area contributed by atoms with E-state index in [1.54, 1.807) is 6.08 Å². The first-order chi connectivity index (χ1) is 4.34. The zero-order chi connectivity index (χ0) is 6.69. The van der Waals surface area contributed by atoms with Crippen LogP contribution in [-0.2, 0) is 0 Å². The molecule has 0 unspecified atom stereocenters. The minimum Gasteiger partial charge on any atom is -0.495 e. The fourth-order valence-corrected chi connectivity index (χ4v) is 0.934. The molecule has 0 saturated heterocycles. The van der Waals surface area contributed by atoms with Gasteiger partial charge in [0.25, 0.3) is 0 Å². The molecule has 0 fully saturated rings. The highest BCUT2D eigenvalue weighted by atomic mass is 16.3. The smallest absolute Gasteiger partial charge is 0.182 e. The predicted octanol–water partition coefficient (Wildman–Crippen LogP) is 1.28. The van der Waals surface area contributed by atoms with Crippen molar-refractivity contribution in [3.63, 3.8) is 0 Å². The molecule has 1 N–H and O–H groups in total. The van der Waals surface area contributed by atoms with Gasteiger partial charge in [0.15, 0.2) is 5.88 Å². The van der Waals surface area contributed by atoms with Gasteiger partial charge in [0.2, 0.25) is 0 Å². The molecule has 1 aliphatic heterocycles. The maximum atomic E-state index is 9.06. The monoisotopic (exact) mass is 125 g/mol. The fraction of sp³-hybridized carbons (Fsp3) is 0.429. The largest absolute Gasteiger partial charge is 0.495 e. The molecule has 0 aliphatic carbocycles. The average molecular weight is 125 g/mol. The molecule has 1 rings (SSSR count). The van der Waals surface area contributed by atoms with Crippen LogP contribution in [0.5, 0.6) is 0 Å². The summed E-state index contributed by atoms with van der Waals surface area (Å²) in [7, 11) is 0. The molecule has 1 aliphatic rings. The Balaban J connectivity index is 2.42. The molecule has 0 atom stereocenters. The number of nitrogens with zero attached hydrogens (tertiary/aromatic N) is 1. The van der Waals surface area contributed by atoms with Crippen molar-refractivity contribution >= 4 is 0 Å². The Morgan fingerprint density at radius 1 is 1.89 bits per heavy atom. The lowest BCUT2D eigenvalue weighted by atomic mass is 10.5. The number of hydrogen-bond donors (Lipinski definition) is 1. The zero-order valence-electron chi connectivity index (χ0n) is 5.38. The highest BCUT2D eigenvalue weighted by Gasteiger charge is 2.10. The second kappa shape index (κ2) is 2.58. The SMILES string of the molecule is C=CCN1CCC=C1O. The lowest BCUT2D eigenvalue weighted by Crippen LogP contribution is -2.18. The molecule has 0 radical (unpaired) electrons. The van der Waals surface area contributed by atoms with Crippen molar-refractivity contribution in [1.29, 1.82) is 0 Å². The minimum atomic E-state index is 0.398. The second-order valence-electron chi connectivity index (χ2n) is 2.09. The maximum Gasteiger partial charge on any atom is 0.182 e. The quantitative estimate of drug-likeness (QED) is 0.562. The molecule has 50 valence electrons. The third kappa shape index (κ3) is 1.25. The summed E-state index contributed by atoms with van der Waals surface area (Å²) < 4.78 is 0. The van der Waals surface area contributed by atoms with Crippen LogP contribution in [0.4, 0.5) is 0 Å². The number of hydrogen-bond acceptors (Lipinski definition) is 2. The Labute approximate surface area is 55.1 Å². The number of aliphatic hydroxyl groups excluding tert-OH is 1. The molecular formula is C7H11NO. The van der Waals surface area contributed by atoms with Crippen LogP contribution in [0.15, 0.2) is 24.6 Å². The molecule has 9 heavy (non-hydrogen) atoms. The van der Waals surface area contributed by atoms with Crippen LogP contribution >= 0.6 is 0 Å². The van der Waals surface area contributed by atoms with Crippen LogP contribution in [0.2, 0.25) is 0 Å². The van der Waals surface area contributed by atoms with E-state index in [9.17, 15) is 0 Å². The van der Waals surface area contributed by atoms with Crippen LogP contribution in [0, 0.1) is 0 Å². The Morgan fingerprint density at radius 2 is 2.67 bits per heavy atom. The first-order valence-corrected chi connectivity index (χ1v) is 3.09. The average Bonchev–Trinajstić information content (AvgIpc) is 2.18. The van der Waals surface area contributed by atoms with Gasteiger partial charge in [0.1, 0.15) is 0 Å². The first-order valence-electron chi connectivity index (χ1n) is 3.09. The molecule has 2 heteroatoms. The summed E-state index contributed by atoms with van der Waals surface area (Å²) in [5.41, 5.74) is 0. The van der Waals surface area contributed by atoms with Crippen molar-refractivity contribution < 1.29 is 5.11 Å². The van der Waals surface area contributed by atoms with Crippen LogP contribution < -0.4 is 0 Å². The van der Waals surface area contributed by atoms with Gasteiger partial charge in [-0.25, -0.2) is 0 Å². The van der Waals surface area contributed by atoms with Gasteiger partial charge in [-0.3, -0.25) is 0 Å². The van der Waals surface area contributed by atoms with E-state index in [1.165, 1.54) is 0 Å². The Kier molecular flexibility index (Phi) is 1.78. The van der Waals surface area contributed by atoms with E-state index in [-0.39, 0.29) is 0 Å². The highest BCUT2D eigenvalue weighted by Crippen LogP contribution is 2.10. The summed E-state index contributed by atoms with van der Waals surface area (Å²) in [6, 6.07) is 0. The van der Waals surface area contributed by atoms with Crippen LogP contribution in [0.25, 0.3) is 0 Å². The van der Waals surface area contributed by atoms with Crippen molar-refractivity contribution in [3.05, 3.63) is 24.6 Å². The zero-order valence-corrected chi connectivity index (χ0v) is 5.38. The second-order valence-corrected chi connectivity index (χ2v) is 2.09. The van der Waals surface area contributed by atoms with Gasteiger partial charge in [-0.1, -0.05) is 6.08 Å². The third-order valence-corrected chi connectivity index (χ3v) is 1.40. The van der Waals surface area contributed by atoms with E-state index in [2.05, 4.69) is 6.58 Å². The lowest BCUT2D eigenvalue weighted by Gasteiger charge is -2.14. The summed E-state index contributed by atoms with van der Waals surface area (Å²) >= 11 is 0. The normalized spacial score (nSPS) is 17.8. The standard InChI is InChI=1S/C7H11NO/c1-2-5-8-6-3-4-7(8)9/h2,4,9H,1,3,5-6H2. The summed E-state index contributed by atoms with van der Waals surface area (Å²) in [4.78, 5) is 1.88. The molecule has 0 saturated carbocycles. The Morgan fingerprint density at radius 3 is 3.11 bits per heavy atom. The van der Waals surface area contributed by atoms with Crippen molar-refractivity contribution in [1.82, 2.24) is 4.90 Å². The van der Waals surface area contributed by atoms with Crippen LogP contribution in [0.3, 0.4) is 0 Å². The van der Waals surface area contributed by atoms with Gasteiger partial charge in [-0.05, 0) is 12.5 Å². The van der Waals surface area contributed by atoms with Crippen molar-refractivity contribution in [2.75, 3.05) is 13.1 Å². The molecule has 0 aromatic carbocycles. The van der Waals surface area contributed by atoms with Gasteiger partial charge >= 0.3 is 0 Å². The van der Waals surface area contributed by atoms with E-state index in [4.69, 9.17) is 5.11 Å². The molecule has 0 amide bonds. The Bertz CT molecular complexity index is 140. The molecule has 0 spiro atoms. The lowest BCUT2D eigenvalue weighted by molar-refractivity contribution is 0.239. The fourth-order valence-electron chi connectivity index (χ4n) is 0.934. The first kappa shape index (κ1) is 6.20. The minimum absolute atomic E-state index is 0.398. The molecule has 0 aromatic rings. The van der Waals surface area contributed by atoms with Gasteiger partial charge in [0, 0.05) is 13.1 Å². The van der Waals surface area contributed by atoms with Gasteiger partial charge in [-0.15, -0.1) is 6.58 Å². The van der Waals surface area contributed by atoms with E-state index >= 15 is 0 Å². The maximum absolute atomic E-state index is 9.06. The molecule has 2 nitrogen and oxygen atoms in total. The van der Waals surface area contributed by atoms with Gasteiger partial charge < -0.3 is 10.0 Å². The molecule has 0 bridgehead atoms.